The van der Waals surface area contributed by atoms with Crippen LogP contribution in [0.25, 0.3) is 0 Å². The van der Waals surface area contributed by atoms with Crippen LogP contribution in [-0.4, -0.2) is 59.6 Å². The number of hydrogen-bond donors (Lipinski definition) is 2. The molecule has 1 aromatic carbocycles. The molecule has 162 valence electrons. The van der Waals surface area contributed by atoms with Gasteiger partial charge in [0.2, 0.25) is 5.91 Å². The largest absolute Gasteiger partial charge is 0.480 e. The Hall–Kier alpha value is -2.12. The molecule has 1 saturated heterocycles. The molecule has 0 spiro atoms. The summed E-state index contributed by atoms with van der Waals surface area (Å²) in [6, 6.07) is 8.64. The van der Waals surface area contributed by atoms with E-state index in [4.69, 9.17) is 9.84 Å². The Kier molecular flexibility index (Phi) is 11.3. The lowest BCUT2D eigenvalue weighted by Gasteiger charge is -2.31. The fraction of sp³-hybridized carbons (Fsp3) is 0.571. The van der Waals surface area contributed by atoms with E-state index in [1.54, 1.807) is 6.92 Å². The van der Waals surface area contributed by atoms with Crippen molar-refractivity contribution in [3.63, 3.8) is 0 Å². The topological polar surface area (TPSA) is 95.9 Å². The Labute approximate surface area is 178 Å². The van der Waals surface area contributed by atoms with Gasteiger partial charge < -0.3 is 14.7 Å². The molecule has 1 aromatic rings. The molecular formula is C21H31ClN2O5. The van der Waals surface area contributed by atoms with Gasteiger partial charge in [0.25, 0.3) is 0 Å². The normalized spacial score (nSPS) is 18.2. The number of likely N-dealkylation sites (tertiary alicyclic amines) is 1. The van der Waals surface area contributed by atoms with Gasteiger partial charge in [-0.05, 0) is 38.2 Å². The van der Waals surface area contributed by atoms with Crippen LogP contribution in [0.15, 0.2) is 30.3 Å². The minimum absolute atomic E-state index is 0. The van der Waals surface area contributed by atoms with E-state index < -0.39 is 18.1 Å². The third-order valence-electron chi connectivity index (χ3n) is 4.89. The second kappa shape index (κ2) is 13.2. The number of amides is 1. The fourth-order valence-electron chi connectivity index (χ4n) is 3.47. The molecule has 1 aliphatic rings. The molecule has 1 amide bonds. The Morgan fingerprint density at radius 2 is 1.97 bits per heavy atom. The highest BCUT2D eigenvalue weighted by atomic mass is 35.5. The molecule has 0 saturated carbocycles. The summed E-state index contributed by atoms with van der Waals surface area (Å²) in [6.45, 7) is 2.14. The lowest BCUT2D eigenvalue weighted by molar-refractivity contribution is -0.148. The summed E-state index contributed by atoms with van der Waals surface area (Å²) >= 11 is 0. The second-order valence-electron chi connectivity index (χ2n) is 7.05. The molecule has 0 aliphatic carbocycles. The molecule has 7 nitrogen and oxygen atoms in total. The van der Waals surface area contributed by atoms with Gasteiger partial charge in [0, 0.05) is 6.54 Å². The van der Waals surface area contributed by atoms with Crippen molar-refractivity contribution in [1.82, 2.24) is 10.2 Å². The van der Waals surface area contributed by atoms with Crippen LogP contribution in [0.4, 0.5) is 0 Å². The number of carboxylic acids is 1. The number of benzene rings is 1. The molecule has 8 heteroatoms. The lowest BCUT2D eigenvalue weighted by Crippen LogP contribution is -2.54. The van der Waals surface area contributed by atoms with Gasteiger partial charge in [0.15, 0.2) is 0 Å². The lowest BCUT2D eigenvalue weighted by atomic mass is 10.00. The van der Waals surface area contributed by atoms with Gasteiger partial charge in [0.1, 0.15) is 12.6 Å². The minimum atomic E-state index is -1.03. The van der Waals surface area contributed by atoms with Crippen molar-refractivity contribution in [2.75, 3.05) is 19.7 Å². The van der Waals surface area contributed by atoms with Crippen molar-refractivity contribution in [3.05, 3.63) is 35.9 Å². The average Bonchev–Trinajstić information content (AvgIpc) is 2.67. The average molecular weight is 427 g/mol. The van der Waals surface area contributed by atoms with E-state index in [1.807, 2.05) is 30.3 Å². The van der Waals surface area contributed by atoms with Crippen LogP contribution in [0.1, 0.15) is 44.6 Å². The van der Waals surface area contributed by atoms with E-state index in [1.165, 1.54) is 4.90 Å². The molecule has 1 unspecified atom stereocenters. The van der Waals surface area contributed by atoms with Crippen molar-refractivity contribution in [2.24, 2.45) is 0 Å². The molecule has 0 radical (unpaired) electrons. The number of esters is 1. The van der Waals surface area contributed by atoms with Crippen LogP contribution in [0.2, 0.25) is 0 Å². The summed E-state index contributed by atoms with van der Waals surface area (Å²) in [5.74, 6) is -1.66. The number of nitrogens with zero attached hydrogens (tertiary/aromatic N) is 1. The highest BCUT2D eigenvalue weighted by Crippen LogP contribution is 2.15. The number of carbonyl (C=O) groups excluding carboxylic acids is 2. The zero-order valence-corrected chi connectivity index (χ0v) is 17.7. The molecule has 1 aliphatic heterocycles. The number of hydrogen-bond acceptors (Lipinski definition) is 5. The number of carboxylic acid groups (broad SMARTS) is 1. The van der Waals surface area contributed by atoms with E-state index in [2.05, 4.69) is 5.32 Å². The molecular weight excluding hydrogens is 396 g/mol. The quantitative estimate of drug-likeness (QED) is 0.589. The van der Waals surface area contributed by atoms with Gasteiger partial charge in [-0.15, -0.1) is 12.4 Å². The first-order valence-electron chi connectivity index (χ1n) is 9.98. The SMILES string of the molecule is CCOC(=O)[C@H](CCc1ccccc1)NC1CCCCCN(CC(=O)O)C1=O.Cl. The molecule has 1 fully saturated rings. The van der Waals surface area contributed by atoms with Crippen LogP contribution in [-0.2, 0) is 25.5 Å². The second-order valence-corrected chi connectivity index (χ2v) is 7.05. The Morgan fingerprint density at radius 1 is 1.24 bits per heavy atom. The summed E-state index contributed by atoms with van der Waals surface area (Å²) in [5, 5.41) is 12.3. The first-order valence-corrected chi connectivity index (χ1v) is 9.98. The maximum Gasteiger partial charge on any atom is 0.323 e. The van der Waals surface area contributed by atoms with E-state index >= 15 is 0 Å². The van der Waals surface area contributed by atoms with Gasteiger partial charge in [0.05, 0.1) is 12.6 Å². The molecule has 2 N–H and O–H groups in total. The monoisotopic (exact) mass is 426 g/mol. The summed E-state index contributed by atoms with van der Waals surface area (Å²) in [7, 11) is 0. The number of ether oxygens (including phenoxy) is 1. The van der Waals surface area contributed by atoms with Gasteiger partial charge in [-0.1, -0.05) is 43.2 Å². The molecule has 29 heavy (non-hydrogen) atoms. The van der Waals surface area contributed by atoms with Crippen molar-refractivity contribution in [1.29, 1.82) is 0 Å². The third-order valence-corrected chi connectivity index (χ3v) is 4.89. The predicted molar refractivity (Wildman–Crippen MR) is 112 cm³/mol. The fourth-order valence-corrected chi connectivity index (χ4v) is 3.47. The number of nitrogens with one attached hydrogen (secondary N) is 1. The van der Waals surface area contributed by atoms with Crippen LogP contribution in [0.5, 0.6) is 0 Å². The summed E-state index contributed by atoms with van der Waals surface area (Å²) in [5.41, 5.74) is 1.11. The molecule has 0 aromatic heterocycles. The molecule has 2 rings (SSSR count). The van der Waals surface area contributed by atoms with E-state index in [-0.39, 0.29) is 37.4 Å². The highest BCUT2D eigenvalue weighted by molar-refractivity contribution is 5.86. The zero-order chi connectivity index (χ0) is 20.4. The summed E-state index contributed by atoms with van der Waals surface area (Å²) < 4.78 is 5.20. The first-order chi connectivity index (χ1) is 13.5. The van der Waals surface area contributed by atoms with Crippen LogP contribution >= 0.6 is 12.4 Å². The number of rotatable bonds is 9. The zero-order valence-electron chi connectivity index (χ0n) is 16.8. The standard InChI is InChI=1S/C21H30N2O5.ClH/c1-2-28-21(27)18(13-12-16-9-5-3-6-10-16)22-17-11-7-4-8-14-23(20(17)26)15-19(24)25;/h3,5-6,9-10,17-18,22H,2,4,7-8,11-15H2,1H3,(H,24,25);1H/t17?,18-;/m0./s1. The van der Waals surface area contributed by atoms with Gasteiger partial charge in [-0.3, -0.25) is 19.7 Å². The van der Waals surface area contributed by atoms with Crippen molar-refractivity contribution in [3.8, 4) is 0 Å². The maximum atomic E-state index is 12.9. The van der Waals surface area contributed by atoms with Gasteiger partial charge >= 0.3 is 11.9 Å². The molecule has 0 bridgehead atoms. The van der Waals surface area contributed by atoms with Crippen molar-refractivity contribution < 1.29 is 24.2 Å². The van der Waals surface area contributed by atoms with Crippen LogP contribution in [0, 0.1) is 0 Å². The van der Waals surface area contributed by atoms with Gasteiger partial charge in [-0.2, -0.15) is 0 Å². The Balaban J connectivity index is 0.00000420. The number of aryl methyl sites for hydroxylation is 1. The first kappa shape index (κ1) is 24.9. The van der Waals surface area contributed by atoms with E-state index in [9.17, 15) is 14.4 Å². The Morgan fingerprint density at radius 3 is 2.62 bits per heavy atom. The van der Waals surface area contributed by atoms with Crippen LogP contribution < -0.4 is 5.32 Å². The summed E-state index contributed by atoms with van der Waals surface area (Å²) in [6.07, 6.45) is 4.34. The van der Waals surface area contributed by atoms with Crippen molar-refractivity contribution >= 4 is 30.3 Å². The molecule has 2 atom stereocenters. The predicted octanol–water partition coefficient (Wildman–Crippen LogP) is 2.42. The Bertz CT molecular complexity index is 656. The van der Waals surface area contributed by atoms with Crippen LogP contribution in [0.3, 0.4) is 0 Å². The van der Waals surface area contributed by atoms with E-state index in [0.717, 1.165) is 24.8 Å². The highest BCUT2D eigenvalue weighted by Gasteiger charge is 2.31. The van der Waals surface area contributed by atoms with E-state index in [0.29, 0.717) is 25.8 Å². The maximum absolute atomic E-state index is 12.9. The molecule has 1 heterocycles. The number of carbonyl (C=O) groups is 3. The third kappa shape index (κ3) is 8.41. The smallest absolute Gasteiger partial charge is 0.323 e. The number of halogens is 1. The van der Waals surface area contributed by atoms with Crippen molar-refractivity contribution in [2.45, 2.75) is 57.5 Å². The van der Waals surface area contributed by atoms with Gasteiger partial charge in [-0.25, -0.2) is 0 Å². The number of aliphatic carboxylic acids is 1. The minimum Gasteiger partial charge on any atom is -0.480 e. The summed E-state index contributed by atoms with van der Waals surface area (Å²) in [4.78, 5) is 37.8.